The van der Waals surface area contributed by atoms with Gasteiger partial charge in [-0.15, -0.1) is 0 Å². The Labute approximate surface area is 128 Å². The van der Waals surface area contributed by atoms with E-state index in [1.165, 1.54) is 6.92 Å². The maximum absolute atomic E-state index is 12.4. The zero-order valence-electron chi connectivity index (χ0n) is 12.7. The Morgan fingerprint density at radius 3 is 2.68 bits per heavy atom. The quantitative estimate of drug-likeness (QED) is 0.664. The first-order valence-corrected chi connectivity index (χ1v) is 6.85. The molecule has 1 aromatic carbocycles. The summed E-state index contributed by atoms with van der Waals surface area (Å²) in [5.74, 6) is 0.157. The second-order valence-electron chi connectivity index (χ2n) is 4.69. The Bertz CT molecular complexity index is 722. The fourth-order valence-corrected chi connectivity index (χ4v) is 2.07. The number of aromatic nitrogens is 2. The van der Waals surface area contributed by atoms with Crippen LogP contribution in [0.25, 0.3) is 0 Å². The molecule has 1 aromatic heterocycles. The van der Waals surface area contributed by atoms with Gasteiger partial charge in [0.25, 0.3) is 5.91 Å². The molecule has 116 valence electrons. The van der Waals surface area contributed by atoms with E-state index < -0.39 is 11.9 Å². The van der Waals surface area contributed by atoms with Crippen molar-refractivity contribution < 1.29 is 14.3 Å². The molecule has 0 bridgehead atoms. The second-order valence-corrected chi connectivity index (χ2v) is 4.69. The summed E-state index contributed by atoms with van der Waals surface area (Å²) in [5.41, 5.74) is 6.80. The van der Waals surface area contributed by atoms with Crippen LogP contribution in [0, 0.1) is 6.92 Å². The molecule has 0 aliphatic carbocycles. The number of nitrogens with one attached hydrogen (secondary N) is 1. The summed E-state index contributed by atoms with van der Waals surface area (Å²) in [7, 11) is 0. The summed E-state index contributed by atoms with van der Waals surface area (Å²) in [6.07, 6.45) is 0. The number of aryl methyl sites for hydroxylation is 1. The molecular formula is C15H18N4O3. The van der Waals surface area contributed by atoms with Crippen LogP contribution >= 0.6 is 0 Å². The highest BCUT2D eigenvalue weighted by atomic mass is 16.5. The second kappa shape index (κ2) is 6.30. The SMILES string of the molecule is CCn1c(NC(=O)c2ccccc2OC(C)=O)nc(C)c1N. The summed E-state index contributed by atoms with van der Waals surface area (Å²) in [4.78, 5) is 27.8. The number of rotatable bonds is 4. The standard InChI is InChI=1S/C15H18N4O3/c1-4-19-13(16)9(2)17-15(19)18-14(21)11-7-5-6-8-12(11)22-10(3)20/h5-8H,4,16H2,1-3H3,(H,17,18,21). The summed E-state index contributed by atoms with van der Waals surface area (Å²) in [5, 5.41) is 2.69. The minimum Gasteiger partial charge on any atom is -0.426 e. The minimum absolute atomic E-state index is 0.201. The van der Waals surface area contributed by atoms with Gasteiger partial charge in [0.15, 0.2) is 0 Å². The number of hydrogen-bond acceptors (Lipinski definition) is 5. The van der Waals surface area contributed by atoms with Crippen molar-refractivity contribution >= 4 is 23.6 Å². The lowest BCUT2D eigenvalue weighted by atomic mass is 10.2. The predicted octanol–water partition coefficient (Wildman–Crippen LogP) is 1.97. The zero-order chi connectivity index (χ0) is 16.3. The highest BCUT2D eigenvalue weighted by molar-refractivity contribution is 6.05. The molecule has 0 fully saturated rings. The Balaban J connectivity index is 2.30. The number of ether oxygens (including phenoxy) is 1. The molecule has 0 saturated heterocycles. The van der Waals surface area contributed by atoms with Gasteiger partial charge in [-0.25, -0.2) is 4.98 Å². The average molecular weight is 302 g/mol. The van der Waals surface area contributed by atoms with Crippen LogP contribution in [0.2, 0.25) is 0 Å². The van der Waals surface area contributed by atoms with Crippen LogP contribution in [0.5, 0.6) is 5.75 Å². The first-order chi connectivity index (χ1) is 10.4. The Kier molecular flexibility index (Phi) is 4.45. The van der Waals surface area contributed by atoms with E-state index in [-0.39, 0.29) is 11.3 Å². The van der Waals surface area contributed by atoms with Crippen molar-refractivity contribution in [3.05, 3.63) is 35.5 Å². The largest absolute Gasteiger partial charge is 0.426 e. The monoisotopic (exact) mass is 302 g/mol. The van der Waals surface area contributed by atoms with Crippen molar-refractivity contribution in [1.82, 2.24) is 9.55 Å². The van der Waals surface area contributed by atoms with Crippen molar-refractivity contribution in [2.75, 3.05) is 11.1 Å². The number of imidazole rings is 1. The molecule has 0 radical (unpaired) electrons. The molecule has 3 N–H and O–H groups in total. The Morgan fingerprint density at radius 1 is 1.36 bits per heavy atom. The van der Waals surface area contributed by atoms with Crippen molar-refractivity contribution in [3.8, 4) is 5.75 Å². The number of anilines is 2. The number of esters is 1. The molecular weight excluding hydrogens is 284 g/mol. The molecule has 2 rings (SSSR count). The zero-order valence-corrected chi connectivity index (χ0v) is 12.7. The number of benzene rings is 1. The van der Waals surface area contributed by atoms with E-state index in [0.717, 1.165) is 0 Å². The van der Waals surface area contributed by atoms with Crippen molar-refractivity contribution in [3.63, 3.8) is 0 Å². The predicted molar refractivity (Wildman–Crippen MR) is 82.8 cm³/mol. The maximum Gasteiger partial charge on any atom is 0.308 e. The molecule has 1 amide bonds. The van der Waals surface area contributed by atoms with E-state index in [4.69, 9.17) is 10.5 Å². The molecule has 1 heterocycles. The highest BCUT2D eigenvalue weighted by Crippen LogP contribution is 2.22. The van der Waals surface area contributed by atoms with E-state index in [0.29, 0.717) is 24.0 Å². The molecule has 7 nitrogen and oxygen atoms in total. The number of carbonyl (C=O) groups excluding carboxylic acids is 2. The summed E-state index contributed by atoms with van der Waals surface area (Å²) < 4.78 is 6.73. The first-order valence-electron chi connectivity index (χ1n) is 6.85. The van der Waals surface area contributed by atoms with Crippen molar-refractivity contribution in [2.45, 2.75) is 27.3 Å². The summed E-state index contributed by atoms with van der Waals surface area (Å²) in [6.45, 7) is 5.53. The molecule has 0 saturated carbocycles. The highest BCUT2D eigenvalue weighted by Gasteiger charge is 2.17. The first kappa shape index (κ1) is 15.6. The van der Waals surface area contributed by atoms with Gasteiger partial charge in [0.05, 0.1) is 11.3 Å². The molecule has 0 aliphatic rings. The summed E-state index contributed by atoms with van der Waals surface area (Å²) in [6, 6.07) is 6.50. The molecule has 0 unspecified atom stereocenters. The van der Waals surface area contributed by atoms with Gasteiger partial charge in [-0.3, -0.25) is 19.5 Å². The van der Waals surface area contributed by atoms with Crippen molar-refractivity contribution in [2.24, 2.45) is 0 Å². The molecule has 0 atom stereocenters. The van der Waals surface area contributed by atoms with E-state index in [1.807, 2.05) is 6.92 Å². The van der Waals surface area contributed by atoms with Crippen LogP contribution in [0.4, 0.5) is 11.8 Å². The van der Waals surface area contributed by atoms with Gasteiger partial charge in [-0.2, -0.15) is 0 Å². The number of nitrogens with zero attached hydrogens (tertiary/aromatic N) is 2. The number of para-hydroxylation sites is 1. The smallest absolute Gasteiger partial charge is 0.308 e. The van der Waals surface area contributed by atoms with Gasteiger partial charge in [-0.1, -0.05) is 12.1 Å². The maximum atomic E-state index is 12.4. The molecule has 0 spiro atoms. The van der Waals surface area contributed by atoms with Crippen LogP contribution in [0.15, 0.2) is 24.3 Å². The number of nitrogen functional groups attached to an aromatic ring is 1. The van der Waals surface area contributed by atoms with Crippen LogP contribution in [-0.2, 0) is 11.3 Å². The molecule has 7 heteroatoms. The fraction of sp³-hybridized carbons (Fsp3) is 0.267. The van der Waals surface area contributed by atoms with Gasteiger partial charge in [0.2, 0.25) is 5.95 Å². The van der Waals surface area contributed by atoms with Crippen LogP contribution in [-0.4, -0.2) is 21.4 Å². The van der Waals surface area contributed by atoms with Crippen LogP contribution in [0.3, 0.4) is 0 Å². The van der Waals surface area contributed by atoms with Gasteiger partial charge < -0.3 is 10.5 Å². The molecule has 0 aliphatic heterocycles. The third-order valence-corrected chi connectivity index (χ3v) is 3.12. The van der Waals surface area contributed by atoms with Gasteiger partial charge in [-0.05, 0) is 26.0 Å². The van der Waals surface area contributed by atoms with Gasteiger partial charge in [0.1, 0.15) is 11.6 Å². The lowest BCUT2D eigenvalue weighted by Crippen LogP contribution is -2.18. The summed E-state index contributed by atoms with van der Waals surface area (Å²) >= 11 is 0. The topological polar surface area (TPSA) is 99.2 Å². The van der Waals surface area contributed by atoms with E-state index >= 15 is 0 Å². The molecule has 2 aromatic rings. The minimum atomic E-state index is -0.490. The Hall–Kier alpha value is -2.83. The lowest BCUT2D eigenvalue weighted by Gasteiger charge is -2.10. The molecule has 22 heavy (non-hydrogen) atoms. The van der Waals surface area contributed by atoms with Crippen molar-refractivity contribution in [1.29, 1.82) is 0 Å². The normalized spacial score (nSPS) is 10.3. The number of carbonyl (C=O) groups is 2. The van der Waals surface area contributed by atoms with Gasteiger partial charge >= 0.3 is 5.97 Å². The fourth-order valence-electron chi connectivity index (χ4n) is 2.07. The van der Waals surface area contributed by atoms with Crippen LogP contribution < -0.4 is 15.8 Å². The van der Waals surface area contributed by atoms with E-state index in [2.05, 4.69) is 10.3 Å². The Morgan fingerprint density at radius 2 is 2.05 bits per heavy atom. The van der Waals surface area contributed by atoms with E-state index in [9.17, 15) is 9.59 Å². The van der Waals surface area contributed by atoms with E-state index in [1.54, 1.807) is 35.8 Å². The lowest BCUT2D eigenvalue weighted by molar-refractivity contribution is -0.131. The van der Waals surface area contributed by atoms with Gasteiger partial charge in [0, 0.05) is 13.5 Å². The number of hydrogen-bond donors (Lipinski definition) is 2. The third-order valence-electron chi connectivity index (χ3n) is 3.12. The number of amides is 1. The van der Waals surface area contributed by atoms with Crippen LogP contribution in [0.1, 0.15) is 29.9 Å². The average Bonchev–Trinajstić information content (AvgIpc) is 2.73. The third kappa shape index (κ3) is 3.08. The number of nitrogens with two attached hydrogens (primary N) is 1.